The minimum atomic E-state index is 0.798. The van der Waals surface area contributed by atoms with Crippen LogP contribution in [0, 0.1) is 6.92 Å². The van der Waals surface area contributed by atoms with Gasteiger partial charge in [0.15, 0.2) is 0 Å². The lowest BCUT2D eigenvalue weighted by atomic mass is 10.2. The van der Waals surface area contributed by atoms with Crippen molar-refractivity contribution in [1.29, 1.82) is 0 Å². The van der Waals surface area contributed by atoms with Gasteiger partial charge in [0.05, 0.1) is 6.33 Å². The first kappa shape index (κ1) is 13.9. The maximum Gasteiger partial charge on any atom is 0.0991 e. The number of aryl methyl sites for hydroxylation is 1. The Balaban J connectivity index is 1.70. The number of imidazole rings is 1. The topological polar surface area (TPSA) is 29.9 Å². The highest BCUT2D eigenvalue weighted by molar-refractivity contribution is 9.10. The summed E-state index contributed by atoms with van der Waals surface area (Å²) in [4.78, 5) is 4.06. The summed E-state index contributed by atoms with van der Waals surface area (Å²) in [7, 11) is 0. The summed E-state index contributed by atoms with van der Waals surface area (Å²) in [5.41, 5.74) is 4.73. The van der Waals surface area contributed by atoms with E-state index in [1.807, 2.05) is 10.8 Å². The van der Waals surface area contributed by atoms with Crippen molar-refractivity contribution in [1.82, 2.24) is 9.55 Å². The van der Waals surface area contributed by atoms with Gasteiger partial charge in [0.25, 0.3) is 0 Å². The largest absolute Gasteiger partial charge is 0.380 e. The fourth-order valence-corrected chi connectivity index (χ4v) is 2.56. The zero-order chi connectivity index (χ0) is 14.7. The first-order valence-corrected chi connectivity index (χ1v) is 7.59. The predicted octanol–water partition coefficient (Wildman–Crippen LogP) is 4.56. The molecule has 21 heavy (non-hydrogen) atoms. The van der Waals surface area contributed by atoms with Crippen molar-refractivity contribution in [3.63, 3.8) is 0 Å². The lowest BCUT2D eigenvalue weighted by molar-refractivity contribution is 1.05. The molecule has 0 unspecified atom stereocenters. The lowest BCUT2D eigenvalue weighted by Gasteiger charge is -2.10. The van der Waals surface area contributed by atoms with Crippen LogP contribution in [0.25, 0.3) is 5.69 Å². The quantitative estimate of drug-likeness (QED) is 0.754. The second-order valence-electron chi connectivity index (χ2n) is 4.97. The van der Waals surface area contributed by atoms with Crippen LogP contribution in [-0.4, -0.2) is 9.55 Å². The molecule has 1 heterocycles. The van der Waals surface area contributed by atoms with E-state index in [0.29, 0.717) is 0 Å². The highest BCUT2D eigenvalue weighted by Crippen LogP contribution is 2.24. The molecule has 0 saturated heterocycles. The minimum absolute atomic E-state index is 0.798. The number of benzene rings is 2. The third-order valence-electron chi connectivity index (χ3n) is 3.34. The number of halogens is 1. The van der Waals surface area contributed by atoms with Crippen molar-refractivity contribution in [2.75, 3.05) is 5.32 Å². The lowest BCUT2D eigenvalue weighted by Crippen LogP contribution is -2.00. The molecular weight excluding hydrogens is 326 g/mol. The SMILES string of the molecule is Cc1ccc(Br)c(NCc2ccc(-n3ccnc3)cc2)c1. The standard InChI is InChI=1S/C17H16BrN3/c1-13-2-7-16(18)17(10-13)20-11-14-3-5-15(6-4-14)21-9-8-19-12-21/h2-10,12,20H,11H2,1H3. The summed E-state index contributed by atoms with van der Waals surface area (Å²) in [6.45, 7) is 2.89. The van der Waals surface area contributed by atoms with Gasteiger partial charge in [-0.2, -0.15) is 0 Å². The molecule has 4 heteroatoms. The Bertz CT molecular complexity index is 718. The first-order chi connectivity index (χ1) is 10.2. The predicted molar refractivity (Wildman–Crippen MR) is 89.8 cm³/mol. The molecule has 1 N–H and O–H groups in total. The number of nitrogens with one attached hydrogen (secondary N) is 1. The summed E-state index contributed by atoms with van der Waals surface area (Å²) in [6.07, 6.45) is 5.53. The number of rotatable bonds is 4. The van der Waals surface area contributed by atoms with Gasteiger partial charge in [0, 0.05) is 34.8 Å². The third-order valence-corrected chi connectivity index (χ3v) is 4.04. The molecule has 0 atom stereocenters. The van der Waals surface area contributed by atoms with Crippen molar-refractivity contribution in [3.8, 4) is 5.69 Å². The Morgan fingerprint density at radius 1 is 1.14 bits per heavy atom. The summed E-state index contributed by atoms with van der Waals surface area (Å²) in [5.74, 6) is 0. The van der Waals surface area contributed by atoms with E-state index in [0.717, 1.165) is 22.4 Å². The molecule has 0 amide bonds. The smallest absolute Gasteiger partial charge is 0.0991 e. The van der Waals surface area contributed by atoms with Gasteiger partial charge < -0.3 is 9.88 Å². The summed E-state index contributed by atoms with van der Waals surface area (Å²) in [6, 6.07) is 14.8. The van der Waals surface area contributed by atoms with Gasteiger partial charge in [-0.15, -0.1) is 0 Å². The number of nitrogens with zero attached hydrogens (tertiary/aromatic N) is 2. The molecule has 0 aliphatic heterocycles. The Kier molecular flexibility index (Phi) is 4.06. The highest BCUT2D eigenvalue weighted by atomic mass is 79.9. The van der Waals surface area contributed by atoms with E-state index < -0.39 is 0 Å². The Morgan fingerprint density at radius 3 is 2.67 bits per heavy atom. The summed E-state index contributed by atoms with van der Waals surface area (Å²) >= 11 is 3.57. The van der Waals surface area contributed by atoms with Gasteiger partial charge in [0.2, 0.25) is 0 Å². The molecule has 0 aliphatic carbocycles. The number of hydrogen-bond donors (Lipinski definition) is 1. The van der Waals surface area contributed by atoms with Crippen molar-refractivity contribution in [2.24, 2.45) is 0 Å². The number of anilines is 1. The second kappa shape index (κ2) is 6.14. The highest BCUT2D eigenvalue weighted by Gasteiger charge is 2.01. The van der Waals surface area contributed by atoms with Crippen LogP contribution < -0.4 is 5.32 Å². The van der Waals surface area contributed by atoms with Crippen molar-refractivity contribution in [3.05, 3.63) is 76.8 Å². The molecule has 3 aromatic rings. The molecule has 3 rings (SSSR count). The fourth-order valence-electron chi connectivity index (χ4n) is 2.17. The average molecular weight is 342 g/mol. The number of aromatic nitrogens is 2. The summed E-state index contributed by atoms with van der Waals surface area (Å²) < 4.78 is 3.08. The molecule has 0 aliphatic rings. The molecule has 0 radical (unpaired) electrons. The summed E-state index contributed by atoms with van der Waals surface area (Å²) in [5, 5.41) is 3.46. The van der Waals surface area contributed by atoms with Crippen LogP contribution in [0.3, 0.4) is 0 Å². The second-order valence-corrected chi connectivity index (χ2v) is 5.83. The molecule has 1 aromatic heterocycles. The Hall–Kier alpha value is -2.07. The molecule has 0 bridgehead atoms. The van der Waals surface area contributed by atoms with Gasteiger partial charge in [-0.05, 0) is 58.2 Å². The van der Waals surface area contributed by atoms with Crippen LogP contribution in [0.4, 0.5) is 5.69 Å². The van der Waals surface area contributed by atoms with E-state index in [2.05, 4.69) is 75.6 Å². The van der Waals surface area contributed by atoms with E-state index in [-0.39, 0.29) is 0 Å². The van der Waals surface area contributed by atoms with Crippen LogP contribution in [0.15, 0.2) is 65.7 Å². The maximum absolute atomic E-state index is 4.06. The van der Waals surface area contributed by atoms with Gasteiger partial charge in [-0.1, -0.05) is 18.2 Å². The fraction of sp³-hybridized carbons (Fsp3) is 0.118. The van der Waals surface area contributed by atoms with Gasteiger partial charge in [-0.3, -0.25) is 0 Å². The van der Waals surface area contributed by atoms with Gasteiger partial charge >= 0.3 is 0 Å². The first-order valence-electron chi connectivity index (χ1n) is 6.80. The van der Waals surface area contributed by atoms with E-state index in [1.54, 1.807) is 12.5 Å². The van der Waals surface area contributed by atoms with Crippen LogP contribution in [0.2, 0.25) is 0 Å². The molecular formula is C17H16BrN3. The molecule has 0 fully saturated rings. The van der Waals surface area contributed by atoms with E-state index in [1.165, 1.54) is 11.1 Å². The molecule has 3 nitrogen and oxygen atoms in total. The zero-order valence-corrected chi connectivity index (χ0v) is 13.3. The minimum Gasteiger partial charge on any atom is -0.380 e. The van der Waals surface area contributed by atoms with Gasteiger partial charge in [0.1, 0.15) is 0 Å². The Morgan fingerprint density at radius 2 is 1.95 bits per heavy atom. The van der Waals surface area contributed by atoms with Crippen LogP contribution >= 0.6 is 15.9 Å². The van der Waals surface area contributed by atoms with Crippen LogP contribution in [-0.2, 0) is 6.54 Å². The molecule has 0 saturated carbocycles. The van der Waals surface area contributed by atoms with Crippen molar-refractivity contribution < 1.29 is 0 Å². The molecule has 106 valence electrons. The Labute approximate surface area is 132 Å². The van der Waals surface area contributed by atoms with Crippen molar-refractivity contribution >= 4 is 21.6 Å². The number of hydrogen-bond acceptors (Lipinski definition) is 2. The molecule has 2 aromatic carbocycles. The van der Waals surface area contributed by atoms with E-state index in [9.17, 15) is 0 Å². The van der Waals surface area contributed by atoms with Crippen LogP contribution in [0.1, 0.15) is 11.1 Å². The zero-order valence-electron chi connectivity index (χ0n) is 11.8. The third kappa shape index (κ3) is 3.34. The van der Waals surface area contributed by atoms with E-state index >= 15 is 0 Å². The van der Waals surface area contributed by atoms with E-state index in [4.69, 9.17) is 0 Å². The van der Waals surface area contributed by atoms with Gasteiger partial charge in [-0.25, -0.2) is 4.98 Å². The monoisotopic (exact) mass is 341 g/mol. The maximum atomic E-state index is 4.06. The molecule has 0 spiro atoms. The normalized spacial score (nSPS) is 10.6. The average Bonchev–Trinajstić information content (AvgIpc) is 3.03. The van der Waals surface area contributed by atoms with Crippen LogP contribution in [0.5, 0.6) is 0 Å². The van der Waals surface area contributed by atoms with Crippen molar-refractivity contribution in [2.45, 2.75) is 13.5 Å².